The summed E-state index contributed by atoms with van der Waals surface area (Å²) in [5.74, 6) is 2.14. The molecule has 1 aromatic carbocycles. The fourth-order valence-electron chi connectivity index (χ4n) is 2.15. The van der Waals surface area contributed by atoms with Crippen LogP contribution in [0.5, 0.6) is 11.5 Å². The van der Waals surface area contributed by atoms with Crippen molar-refractivity contribution < 1.29 is 18.9 Å². The Morgan fingerprint density at radius 1 is 1.04 bits per heavy atom. The summed E-state index contributed by atoms with van der Waals surface area (Å²) in [4.78, 5) is 4.63. The summed E-state index contributed by atoms with van der Waals surface area (Å²) < 4.78 is 22.0. The molecule has 1 rings (SSSR count). The lowest BCUT2D eigenvalue weighted by molar-refractivity contribution is 0.0698. The second-order valence-corrected chi connectivity index (χ2v) is 6.23. The number of hydrogen-bond donors (Lipinski definition) is 2. The first-order valence-corrected chi connectivity index (χ1v) is 9.44. The molecule has 0 aliphatic heterocycles. The smallest absolute Gasteiger partial charge is 0.191 e. The van der Waals surface area contributed by atoms with E-state index in [4.69, 9.17) is 18.9 Å². The summed E-state index contributed by atoms with van der Waals surface area (Å²) in [5.41, 5.74) is 1.02. The molecule has 0 aliphatic carbocycles. The van der Waals surface area contributed by atoms with Gasteiger partial charge >= 0.3 is 0 Å². The van der Waals surface area contributed by atoms with Gasteiger partial charge in [0.1, 0.15) is 0 Å². The largest absolute Gasteiger partial charge is 0.493 e. The molecule has 7 nitrogen and oxygen atoms in total. The third kappa shape index (κ3) is 10.4. The van der Waals surface area contributed by atoms with Gasteiger partial charge in [-0.3, -0.25) is 0 Å². The highest BCUT2D eigenvalue weighted by molar-refractivity contribution is 14.0. The van der Waals surface area contributed by atoms with E-state index in [1.807, 2.05) is 19.1 Å². The van der Waals surface area contributed by atoms with E-state index in [1.54, 1.807) is 21.3 Å². The predicted octanol–water partition coefficient (Wildman–Crippen LogP) is 3.19. The molecule has 0 spiro atoms. The van der Waals surface area contributed by atoms with Crippen molar-refractivity contribution in [3.05, 3.63) is 22.2 Å². The van der Waals surface area contributed by atoms with Crippen LogP contribution in [0.15, 0.2) is 21.6 Å². The quantitative estimate of drug-likeness (QED) is 0.177. The predicted molar refractivity (Wildman–Crippen MR) is 123 cm³/mol. The van der Waals surface area contributed by atoms with Gasteiger partial charge in [-0.1, -0.05) is 15.9 Å². The molecule has 0 aliphatic rings. The zero-order valence-electron chi connectivity index (χ0n) is 16.5. The monoisotopic (exact) mass is 559 g/mol. The number of methoxy groups -OCH3 is 3. The first-order chi connectivity index (χ1) is 12.7. The van der Waals surface area contributed by atoms with Crippen LogP contribution in [0.25, 0.3) is 0 Å². The number of rotatable bonds is 12. The fourth-order valence-corrected chi connectivity index (χ4v) is 2.60. The third-order valence-corrected chi connectivity index (χ3v) is 4.23. The number of nitrogens with zero attached hydrogens (tertiary/aromatic N) is 1. The number of guanidine groups is 1. The topological polar surface area (TPSA) is 73.3 Å². The molecule has 0 fully saturated rings. The highest BCUT2D eigenvalue weighted by atomic mass is 127. The van der Waals surface area contributed by atoms with Crippen molar-refractivity contribution in [3.63, 3.8) is 0 Å². The third-order valence-electron chi connectivity index (χ3n) is 3.49. The van der Waals surface area contributed by atoms with Crippen molar-refractivity contribution in [1.82, 2.24) is 10.6 Å². The zero-order chi connectivity index (χ0) is 19.2. The van der Waals surface area contributed by atoms with Crippen LogP contribution in [-0.2, 0) is 16.0 Å². The number of nitrogens with one attached hydrogen (secondary N) is 2. The van der Waals surface area contributed by atoms with Crippen molar-refractivity contribution in [2.45, 2.75) is 19.9 Å². The molecule has 0 heterocycles. The number of halogens is 2. The van der Waals surface area contributed by atoms with E-state index in [-0.39, 0.29) is 24.0 Å². The van der Waals surface area contributed by atoms with Crippen LogP contribution < -0.4 is 20.1 Å². The lowest BCUT2D eigenvalue weighted by Crippen LogP contribution is -2.38. The van der Waals surface area contributed by atoms with Crippen LogP contribution in [-0.4, -0.2) is 60.2 Å². The van der Waals surface area contributed by atoms with E-state index in [1.165, 1.54) is 0 Å². The maximum atomic E-state index is 5.45. The van der Waals surface area contributed by atoms with Crippen LogP contribution >= 0.6 is 39.9 Å². The second kappa shape index (κ2) is 16.2. The number of benzene rings is 1. The molecule has 0 amide bonds. The van der Waals surface area contributed by atoms with Crippen molar-refractivity contribution in [2.75, 3.05) is 54.2 Å². The average molecular weight is 560 g/mol. The van der Waals surface area contributed by atoms with E-state index >= 15 is 0 Å². The van der Waals surface area contributed by atoms with Crippen LogP contribution in [0.4, 0.5) is 0 Å². The summed E-state index contributed by atoms with van der Waals surface area (Å²) in [6.07, 6.45) is 0.897. The highest BCUT2D eigenvalue weighted by Crippen LogP contribution is 2.33. The molecule has 0 saturated carbocycles. The van der Waals surface area contributed by atoms with Crippen LogP contribution in [0.2, 0.25) is 0 Å². The van der Waals surface area contributed by atoms with Gasteiger partial charge in [0.15, 0.2) is 17.5 Å². The molecule has 0 atom stereocenters. The first kappa shape index (κ1) is 26.2. The Bertz CT molecular complexity index is 562. The molecule has 27 heavy (non-hydrogen) atoms. The molecule has 0 aromatic heterocycles. The van der Waals surface area contributed by atoms with Gasteiger partial charge in [0.25, 0.3) is 0 Å². The van der Waals surface area contributed by atoms with Crippen molar-refractivity contribution in [3.8, 4) is 11.5 Å². The zero-order valence-corrected chi connectivity index (χ0v) is 20.4. The van der Waals surface area contributed by atoms with Gasteiger partial charge in [-0.15, -0.1) is 24.0 Å². The van der Waals surface area contributed by atoms with E-state index in [0.717, 1.165) is 35.5 Å². The average Bonchev–Trinajstić information content (AvgIpc) is 2.65. The van der Waals surface area contributed by atoms with Crippen LogP contribution in [0.3, 0.4) is 0 Å². The van der Waals surface area contributed by atoms with Gasteiger partial charge in [-0.25, -0.2) is 4.99 Å². The maximum Gasteiger partial charge on any atom is 0.191 e. The molecule has 0 bridgehead atoms. The standard InChI is InChI=1S/C18H30BrN3O4.HI/c1-5-20-18(21-7-6-8-26-10-9-23-2)22-13-14-11-16(24-3)17(25-4)12-15(14)19;/h11-12H,5-10,13H2,1-4H3,(H2,20,21,22);1H. The summed E-state index contributed by atoms with van der Waals surface area (Å²) in [6.45, 7) is 6.07. The van der Waals surface area contributed by atoms with Crippen LogP contribution in [0, 0.1) is 0 Å². The minimum Gasteiger partial charge on any atom is -0.493 e. The van der Waals surface area contributed by atoms with Gasteiger partial charge in [-0.05, 0) is 31.0 Å². The molecule has 0 unspecified atom stereocenters. The number of aliphatic imine (C=N–C) groups is 1. The molecule has 2 N–H and O–H groups in total. The van der Waals surface area contributed by atoms with Crippen molar-refractivity contribution >= 4 is 45.9 Å². The van der Waals surface area contributed by atoms with E-state index in [9.17, 15) is 0 Å². The highest BCUT2D eigenvalue weighted by Gasteiger charge is 2.09. The Hall–Kier alpha value is -0.780. The Balaban J connectivity index is 0.00000676. The van der Waals surface area contributed by atoms with E-state index in [2.05, 4.69) is 31.6 Å². The lowest BCUT2D eigenvalue weighted by Gasteiger charge is -2.13. The van der Waals surface area contributed by atoms with Gasteiger partial charge in [0.05, 0.1) is 34.0 Å². The Labute approximate surface area is 187 Å². The van der Waals surface area contributed by atoms with Gasteiger partial charge in [0, 0.05) is 31.3 Å². The van der Waals surface area contributed by atoms with E-state index < -0.39 is 0 Å². The summed E-state index contributed by atoms with van der Waals surface area (Å²) in [6, 6.07) is 3.82. The second-order valence-electron chi connectivity index (χ2n) is 5.38. The minimum absolute atomic E-state index is 0. The fraction of sp³-hybridized carbons (Fsp3) is 0.611. The molecule has 0 radical (unpaired) electrons. The Morgan fingerprint density at radius 3 is 2.37 bits per heavy atom. The van der Waals surface area contributed by atoms with E-state index in [0.29, 0.717) is 37.9 Å². The molecule has 0 saturated heterocycles. The summed E-state index contributed by atoms with van der Waals surface area (Å²) in [5, 5.41) is 6.55. The van der Waals surface area contributed by atoms with Crippen molar-refractivity contribution in [2.24, 2.45) is 4.99 Å². The first-order valence-electron chi connectivity index (χ1n) is 8.65. The van der Waals surface area contributed by atoms with Gasteiger partial charge in [-0.2, -0.15) is 0 Å². The Kier molecular flexibility index (Phi) is 15.7. The SMILES string of the molecule is CCNC(=NCc1cc(OC)c(OC)cc1Br)NCCCOCCOC.I. The lowest BCUT2D eigenvalue weighted by atomic mass is 10.2. The number of hydrogen-bond acceptors (Lipinski definition) is 5. The molecular formula is C18H31BrIN3O4. The summed E-state index contributed by atoms with van der Waals surface area (Å²) in [7, 11) is 4.91. The van der Waals surface area contributed by atoms with Crippen molar-refractivity contribution in [1.29, 1.82) is 0 Å². The minimum atomic E-state index is 0. The molecule has 1 aromatic rings. The number of ether oxygens (including phenoxy) is 4. The van der Waals surface area contributed by atoms with Crippen LogP contribution in [0.1, 0.15) is 18.9 Å². The maximum absolute atomic E-state index is 5.45. The molecule has 9 heteroatoms. The molecule has 156 valence electrons. The molecular weight excluding hydrogens is 529 g/mol. The normalized spacial score (nSPS) is 10.9. The Morgan fingerprint density at radius 2 is 1.74 bits per heavy atom. The van der Waals surface area contributed by atoms with Gasteiger partial charge in [0.2, 0.25) is 0 Å². The summed E-state index contributed by atoms with van der Waals surface area (Å²) >= 11 is 3.56. The van der Waals surface area contributed by atoms with Gasteiger partial charge < -0.3 is 29.6 Å².